The molecule has 0 aliphatic heterocycles. The second-order valence-corrected chi connectivity index (χ2v) is 12.1. The molecule has 0 saturated heterocycles. The molecule has 2 unspecified atom stereocenters. The highest BCUT2D eigenvalue weighted by Crippen LogP contribution is 2.40. The monoisotopic (exact) mass is 451 g/mol. The molecule has 0 fully saturated rings. The Hall–Kier alpha value is -1.28. The summed E-state index contributed by atoms with van der Waals surface area (Å²) >= 11 is 0. The minimum atomic E-state index is -5.46. The summed E-state index contributed by atoms with van der Waals surface area (Å²) in [6.45, 7) is 15.7. The topological polar surface area (TPSA) is 55.4 Å². The van der Waals surface area contributed by atoms with Crippen LogP contribution in [0.4, 0.5) is 13.2 Å². The number of sulfonamides is 1. The number of rotatable bonds is 8. The molecule has 0 bridgehead atoms. The van der Waals surface area contributed by atoms with E-state index < -0.39 is 27.0 Å². The highest BCUT2D eigenvalue weighted by atomic mass is 32.2. The van der Waals surface area contributed by atoms with Gasteiger partial charge in [-0.15, -0.1) is 0 Å². The summed E-state index contributed by atoms with van der Waals surface area (Å²) < 4.78 is 68.7. The molecule has 1 aromatic rings. The first-order valence-electron chi connectivity index (χ1n) is 10.2. The summed E-state index contributed by atoms with van der Waals surface area (Å²) in [7, 11) is -5.46. The Morgan fingerprint density at radius 1 is 0.933 bits per heavy atom. The maximum absolute atomic E-state index is 12.8. The van der Waals surface area contributed by atoms with E-state index in [4.69, 9.17) is 4.74 Å². The summed E-state index contributed by atoms with van der Waals surface area (Å²) in [5, 5.41) is 0. The number of hydrogen-bond acceptors (Lipinski definition) is 3. The molecule has 0 saturated carbocycles. The molecular weight excluding hydrogens is 415 g/mol. The fourth-order valence-corrected chi connectivity index (χ4v) is 4.08. The van der Waals surface area contributed by atoms with Crippen LogP contribution < -0.4 is 9.46 Å². The number of alkyl halides is 3. The van der Waals surface area contributed by atoms with E-state index >= 15 is 0 Å². The third kappa shape index (κ3) is 7.76. The molecule has 0 radical (unpaired) electrons. The molecule has 2 atom stereocenters. The van der Waals surface area contributed by atoms with Crippen LogP contribution in [0.15, 0.2) is 24.3 Å². The maximum atomic E-state index is 12.8. The molecule has 0 aliphatic rings. The van der Waals surface area contributed by atoms with Gasteiger partial charge in [0.25, 0.3) is 0 Å². The molecular formula is C22H36F3NO3S. The van der Waals surface area contributed by atoms with Crippen molar-refractivity contribution in [3.63, 3.8) is 0 Å². The van der Waals surface area contributed by atoms with Crippen molar-refractivity contribution in [2.75, 3.05) is 6.61 Å². The van der Waals surface area contributed by atoms with E-state index in [2.05, 4.69) is 34.6 Å². The Labute approximate surface area is 179 Å². The number of nitrogens with one attached hydrogen (secondary N) is 1. The van der Waals surface area contributed by atoms with Crippen LogP contribution in [0.1, 0.15) is 73.3 Å². The van der Waals surface area contributed by atoms with Gasteiger partial charge >= 0.3 is 15.5 Å². The molecule has 1 aromatic carbocycles. The Morgan fingerprint density at radius 2 is 1.43 bits per heavy atom. The zero-order valence-corrected chi connectivity index (χ0v) is 20.0. The van der Waals surface area contributed by atoms with Crippen LogP contribution in [-0.4, -0.2) is 26.6 Å². The average Bonchev–Trinajstić information content (AvgIpc) is 2.54. The number of ether oxygens (including phenoxy) is 1. The van der Waals surface area contributed by atoms with Crippen molar-refractivity contribution in [2.24, 2.45) is 16.7 Å². The Balaban J connectivity index is 2.96. The second kappa shape index (κ2) is 9.47. The zero-order valence-electron chi connectivity index (χ0n) is 19.2. The lowest BCUT2D eigenvalue weighted by atomic mass is 9.72. The largest absolute Gasteiger partial charge is 0.511 e. The summed E-state index contributed by atoms with van der Waals surface area (Å²) in [6.07, 6.45) is 1.04. The first-order valence-corrected chi connectivity index (χ1v) is 11.6. The van der Waals surface area contributed by atoms with Crippen LogP contribution in [0.2, 0.25) is 0 Å². The molecule has 4 nitrogen and oxygen atoms in total. The number of benzene rings is 1. The molecule has 0 aliphatic carbocycles. The molecule has 1 rings (SSSR count). The molecule has 0 aromatic heterocycles. The maximum Gasteiger partial charge on any atom is 0.511 e. The third-order valence-corrected chi connectivity index (χ3v) is 6.30. The van der Waals surface area contributed by atoms with Gasteiger partial charge in [-0.2, -0.15) is 13.2 Å². The highest BCUT2D eigenvalue weighted by molar-refractivity contribution is 7.90. The van der Waals surface area contributed by atoms with Gasteiger partial charge in [-0.25, -0.2) is 13.1 Å². The summed E-state index contributed by atoms with van der Waals surface area (Å²) in [5.74, 6) is 1.38. The molecule has 0 heterocycles. The van der Waals surface area contributed by atoms with E-state index in [0.29, 0.717) is 17.6 Å². The Bertz CT molecular complexity index is 774. The predicted molar refractivity (Wildman–Crippen MR) is 115 cm³/mol. The highest BCUT2D eigenvalue weighted by Gasteiger charge is 2.48. The van der Waals surface area contributed by atoms with Gasteiger partial charge in [0.05, 0.1) is 6.04 Å². The van der Waals surface area contributed by atoms with E-state index in [1.807, 2.05) is 12.1 Å². The van der Waals surface area contributed by atoms with Crippen molar-refractivity contribution in [1.82, 2.24) is 4.72 Å². The fraction of sp³-hybridized carbons (Fsp3) is 0.727. The van der Waals surface area contributed by atoms with Gasteiger partial charge in [0.2, 0.25) is 0 Å². The van der Waals surface area contributed by atoms with Crippen LogP contribution >= 0.6 is 0 Å². The van der Waals surface area contributed by atoms with Gasteiger partial charge in [0.15, 0.2) is 0 Å². The van der Waals surface area contributed by atoms with Crippen molar-refractivity contribution in [3.05, 3.63) is 29.8 Å². The van der Waals surface area contributed by atoms with E-state index in [1.165, 1.54) is 5.56 Å². The SMILES string of the molecule is CC(C)CC(c1ccc(OCC(NS(=O)(=O)C(F)(F)F)C(C)(C)C)cc1)C(C)(C)C. The fourth-order valence-electron chi connectivity index (χ4n) is 3.15. The summed E-state index contributed by atoms with van der Waals surface area (Å²) in [5.41, 5.74) is -4.88. The standard InChI is InChI=1S/C22H36F3NO3S/c1-15(2)13-18(20(3,4)5)16-9-11-17(12-10-16)29-14-19(21(6,7)8)26-30(27,28)22(23,24)25/h9-12,15,18-19,26H,13-14H2,1-8H3. The molecule has 8 heteroatoms. The lowest BCUT2D eigenvalue weighted by Gasteiger charge is -2.33. The van der Waals surface area contributed by atoms with Crippen molar-refractivity contribution < 1.29 is 26.3 Å². The molecule has 174 valence electrons. The Morgan fingerprint density at radius 3 is 1.80 bits per heavy atom. The van der Waals surface area contributed by atoms with Gasteiger partial charge in [-0.1, -0.05) is 67.5 Å². The lowest BCUT2D eigenvalue weighted by molar-refractivity contribution is -0.0456. The zero-order chi connectivity index (χ0) is 23.5. The summed E-state index contributed by atoms with van der Waals surface area (Å²) in [4.78, 5) is 0. The van der Waals surface area contributed by atoms with Crippen molar-refractivity contribution >= 4 is 10.0 Å². The van der Waals surface area contributed by atoms with Crippen LogP contribution in [0, 0.1) is 16.7 Å². The van der Waals surface area contributed by atoms with Gasteiger partial charge < -0.3 is 4.74 Å². The number of halogens is 3. The van der Waals surface area contributed by atoms with Crippen LogP contribution in [0.5, 0.6) is 5.75 Å². The van der Waals surface area contributed by atoms with Gasteiger partial charge in [-0.05, 0) is 46.8 Å². The molecule has 0 amide bonds. The van der Waals surface area contributed by atoms with Crippen LogP contribution in [0.25, 0.3) is 0 Å². The van der Waals surface area contributed by atoms with Crippen molar-refractivity contribution in [1.29, 1.82) is 0 Å². The minimum absolute atomic E-state index is 0.0832. The van der Waals surface area contributed by atoms with E-state index in [9.17, 15) is 21.6 Å². The smallest absolute Gasteiger partial charge is 0.492 e. The van der Waals surface area contributed by atoms with Crippen molar-refractivity contribution in [3.8, 4) is 5.75 Å². The predicted octanol–water partition coefficient (Wildman–Crippen LogP) is 6.10. The molecule has 1 N–H and O–H groups in total. The van der Waals surface area contributed by atoms with Gasteiger partial charge in [0.1, 0.15) is 12.4 Å². The number of hydrogen-bond donors (Lipinski definition) is 1. The normalized spacial score (nSPS) is 15.9. The van der Waals surface area contributed by atoms with Crippen LogP contribution in [-0.2, 0) is 10.0 Å². The lowest BCUT2D eigenvalue weighted by Crippen LogP contribution is -2.51. The van der Waals surface area contributed by atoms with Gasteiger partial charge in [-0.3, -0.25) is 0 Å². The van der Waals surface area contributed by atoms with Gasteiger partial charge in [0, 0.05) is 0 Å². The molecule has 30 heavy (non-hydrogen) atoms. The quantitative estimate of drug-likeness (QED) is 0.520. The minimum Gasteiger partial charge on any atom is -0.492 e. The first-order chi connectivity index (χ1) is 13.3. The van der Waals surface area contributed by atoms with E-state index in [0.717, 1.165) is 6.42 Å². The van der Waals surface area contributed by atoms with Crippen LogP contribution in [0.3, 0.4) is 0 Å². The van der Waals surface area contributed by atoms with E-state index in [-0.39, 0.29) is 12.0 Å². The van der Waals surface area contributed by atoms with Crippen molar-refractivity contribution in [2.45, 2.75) is 79.3 Å². The molecule has 0 spiro atoms. The Kier molecular flexibility index (Phi) is 8.44. The average molecular weight is 452 g/mol. The second-order valence-electron chi connectivity index (χ2n) is 10.4. The third-order valence-electron chi connectivity index (χ3n) is 5.10. The summed E-state index contributed by atoms with van der Waals surface area (Å²) in [6, 6.07) is 6.46. The van der Waals surface area contributed by atoms with E-state index in [1.54, 1.807) is 37.6 Å². The first kappa shape index (κ1) is 26.8.